The molecular weight excluding hydrogens is 502 g/mol. The monoisotopic (exact) mass is 525 g/mol. The van der Waals surface area contributed by atoms with E-state index in [-0.39, 0.29) is 49.4 Å². The first-order valence-electron chi connectivity index (χ1n) is 8.18. The highest BCUT2D eigenvalue weighted by Crippen LogP contribution is 2.19. The number of hydrogen-bond donors (Lipinski definition) is 1. The van der Waals surface area contributed by atoms with Gasteiger partial charge in [0.1, 0.15) is 12.0 Å². The molecule has 27 heavy (non-hydrogen) atoms. The minimum Gasteiger partial charge on any atom is -0.364 e. The lowest BCUT2D eigenvalue weighted by atomic mass is 10.4. The second-order valence-electron chi connectivity index (χ2n) is 5.73. The van der Waals surface area contributed by atoms with Crippen molar-refractivity contribution in [3.8, 4) is 0 Å². The van der Waals surface area contributed by atoms with Crippen molar-refractivity contribution < 1.29 is 26.1 Å². The zero-order chi connectivity index (χ0) is 19.2. The molecule has 1 aliphatic heterocycles. The van der Waals surface area contributed by atoms with Crippen LogP contribution in [0.4, 0.5) is 13.2 Å². The molecular formula is C14H23F3IN5O3S. The first-order chi connectivity index (χ1) is 12.2. The van der Waals surface area contributed by atoms with Crippen LogP contribution in [0.3, 0.4) is 0 Å². The van der Waals surface area contributed by atoms with Crippen molar-refractivity contribution in [1.82, 2.24) is 19.7 Å². The van der Waals surface area contributed by atoms with Crippen molar-refractivity contribution in [2.45, 2.75) is 25.3 Å². The van der Waals surface area contributed by atoms with Crippen LogP contribution < -0.4 is 5.32 Å². The predicted octanol–water partition coefficient (Wildman–Crippen LogP) is 1.66. The summed E-state index contributed by atoms with van der Waals surface area (Å²) in [6.45, 7) is 3.10. The Bertz CT molecular complexity index is 689. The van der Waals surface area contributed by atoms with Gasteiger partial charge in [0.05, 0.1) is 18.7 Å². The first-order valence-corrected chi connectivity index (χ1v) is 9.79. The van der Waals surface area contributed by atoms with E-state index in [1.165, 1.54) is 16.6 Å². The van der Waals surface area contributed by atoms with E-state index in [9.17, 15) is 21.6 Å². The topological polar surface area (TPSA) is 91.0 Å². The van der Waals surface area contributed by atoms with Gasteiger partial charge in [-0.3, -0.25) is 4.99 Å². The van der Waals surface area contributed by atoms with Gasteiger partial charge >= 0.3 is 6.18 Å². The lowest BCUT2D eigenvalue weighted by Crippen LogP contribution is -2.54. The molecule has 2 rings (SSSR count). The van der Waals surface area contributed by atoms with Gasteiger partial charge in [-0.05, 0) is 6.92 Å². The molecule has 0 unspecified atom stereocenters. The fourth-order valence-corrected chi connectivity index (χ4v) is 3.91. The molecule has 0 amide bonds. The SMILES string of the molecule is CCNC(=NCCC(F)(F)F)N1CCN(S(=O)(=O)Cc2ccon2)CC1.I. The van der Waals surface area contributed by atoms with Crippen LogP contribution in [0, 0.1) is 0 Å². The van der Waals surface area contributed by atoms with Crippen LogP contribution in [-0.4, -0.2) is 74.2 Å². The van der Waals surface area contributed by atoms with Crippen molar-refractivity contribution in [3.63, 3.8) is 0 Å². The highest BCUT2D eigenvalue weighted by Gasteiger charge is 2.30. The molecule has 0 radical (unpaired) electrons. The van der Waals surface area contributed by atoms with Gasteiger partial charge in [-0.15, -0.1) is 24.0 Å². The average Bonchev–Trinajstić information content (AvgIpc) is 3.05. The molecule has 1 aromatic rings. The van der Waals surface area contributed by atoms with Crippen LogP contribution in [-0.2, 0) is 15.8 Å². The highest BCUT2D eigenvalue weighted by molar-refractivity contribution is 14.0. The molecule has 0 saturated carbocycles. The van der Waals surface area contributed by atoms with Crippen LogP contribution in [0.15, 0.2) is 21.8 Å². The Morgan fingerprint density at radius 3 is 2.52 bits per heavy atom. The molecule has 8 nitrogen and oxygen atoms in total. The van der Waals surface area contributed by atoms with Gasteiger partial charge in [-0.1, -0.05) is 5.16 Å². The molecule has 0 spiro atoms. The van der Waals surface area contributed by atoms with E-state index in [2.05, 4.69) is 20.0 Å². The number of rotatable bonds is 6. The molecule has 156 valence electrons. The van der Waals surface area contributed by atoms with E-state index in [1.807, 2.05) is 6.92 Å². The standard InChI is InChI=1S/C14H22F3N5O3S.HI/c1-2-18-13(19-5-4-14(15,16)17)21-6-8-22(9-7-21)26(23,24)11-12-3-10-25-20-12;/h3,10H,2,4-9,11H2,1H3,(H,18,19);1H. The van der Waals surface area contributed by atoms with Gasteiger partial charge in [-0.2, -0.15) is 17.5 Å². The normalized spacial score (nSPS) is 16.9. The molecule has 0 bridgehead atoms. The van der Waals surface area contributed by atoms with Crippen molar-refractivity contribution >= 4 is 40.0 Å². The van der Waals surface area contributed by atoms with Crippen LogP contribution in [0.5, 0.6) is 0 Å². The van der Waals surface area contributed by atoms with Crippen molar-refractivity contribution in [2.24, 2.45) is 4.99 Å². The lowest BCUT2D eigenvalue weighted by molar-refractivity contribution is -0.132. The van der Waals surface area contributed by atoms with Gasteiger partial charge < -0.3 is 14.7 Å². The minimum absolute atomic E-state index is 0. The Labute approximate surface area is 173 Å². The molecule has 1 aromatic heterocycles. The van der Waals surface area contributed by atoms with Crippen LogP contribution in [0.25, 0.3) is 0 Å². The van der Waals surface area contributed by atoms with E-state index < -0.39 is 22.6 Å². The van der Waals surface area contributed by atoms with Crippen molar-refractivity contribution in [1.29, 1.82) is 0 Å². The van der Waals surface area contributed by atoms with Crippen LogP contribution >= 0.6 is 24.0 Å². The largest absolute Gasteiger partial charge is 0.390 e. The fourth-order valence-electron chi connectivity index (χ4n) is 2.48. The van der Waals surface area contributed by atoms with Gasteiger partial charge in [-0.25, -0.2) is 8.42 Å². The first kappa shape index (κ1) is 23.9. The maximum absolute atomic E-state index is 12.4. The maximum atomic E-state index is 12.4. The number of alkyl halides is 3. The quantitative estimate of drug-likeness (QED) is 0.345. The van der Waals surface area contributed by atoms with E-state index in [1.54, 1.807) is 4.90 Å². The Balaban J connectivity index is 0.00000364. The summed E-state index contributed by atoms with van der Waals surface area (Å²) in [7, 11) is -3.53. The smallest absolute Gasteiger partial charge is 0.364 e. The third-order valence-electron chi connectivity index (χ3n) is 3.74. The zero-order valence-electron chi connectivity index (χ0n) is 14.8. The number of sulfonamides is 1. The molecule has 0 aliphatic carbocycles. The number of nitrogens with zero attached hydrogens (tertiary/aromatic N) is 4. The summed E-state index contributed by atoms with van der Waals surface area (Å²) in [6, 6.07) is 1.49. The Hall–Kier alpha value is -1.09. The van der Waals surface area contributed by atoms with Crippen molar-refractivity contribution in [2.75, 3.05) is 39.3 Å². The Kier molecular flexibility index (Phi) is 9.27. The summed E-state index contributed by atoms with van der Waals surface area (Å²) in [6.07, 6.45) is -3.94. The third kappa shape index (κ3) is 7.81. The summed E-state index contributed by atoms with van der Waals surface area (Å²) in [5.74, 6) is 0.119. The van der Waals surface area contributed by atoms with E-state index in [4.69, 9.17) is 0 Å². The summed E-state index contributed by atoms with van der Waals surface area (Å²) in [4.78, 5) is 5.76. The van der Waals surface area contributed by atoms with E-state index >= 15 is 0 Å². The summed E-state index contributed by atoms with van der Waals surface area (Å²) >= 11 is 0. The summed E-state index contributed by atoms with van der Waals surface area (Å²) in [5, 5.41) is 6.55. The lowest BCUT2D eigenvalue weighted by Gasteiger charge is -2.35. The maximum Gasteiger partial charge on any atom is 0.390 e. The molecule has 1 fully saturated rings. The highest BCUT2D eigenvalue weighted by atomic mass is 127. The molecule has 0 atom stereocenters. The second kappa shape index (κ2) is 10.5. The molecule has 2 heterocycles. The van der Waals surface area contributed by atoms with E-state index in [0.717, 1.165) is 0 Å². The predicted molar refractivity (Wildman–Crippen MR) is 104 cm³/mol. The molecule has 0 aromatic carbocycles. The Morgan fingerprint density at radius 1 is 1.33 bits per heavy atom. The molecule has 1 aliphatic rings. The average molecular weight is 525 g/mol. The minimum atomic E-state index is -4.26. The zero-order valence-corrected chi connectivity index (χ0v) is 17.9. The number of hydrogen-bond acceptors (Lipinski definition) is 5. The van der Waals surface area contributed by atoms with Crippen molar-refractivity contribution in [3.05, 3.63) is 18.0 Å². The number of aliphatic imine (C=N–C) groups is 1. The van der Waals surface area contributed by atoms with Gasteiger partial charge in [0.15, 0.2) is 5.96 Å². The molecule has 1 saturated heterocycles. The number of guanidine groups is 1. The molecule has 1 N–H and O–H groups in total. The number of aromatic nitrogens is 1. The van der Waals surface area contributed by atoms with Crippen LogP contribution in [0.1, 0.15) is 19.0 Å². The van der Waals surface area contributed by atoms with Crippen LogP contribution in [0.2, 0.25) is 0 Å². The number of nitrogens with one attached hydrogen (secondary N) is 1. The number of halogens is 4. The van der Waals surface area contributed by atoms with Gasteiger partial charge in [0.2, 0.25) is 10.0 Å². The fraction of sp³-hybridized carbons (Fsp3) is 0.714. The summed E-state index contributed by atoms with van der Waals surface area (Å²) < 4.78 is 67.6. The summed E-state index contributed by atoms with van der Waals surface area (Å²) in [5.41, 5.74) is 0.328. The van der Waals surface area contributed by atoms with E-state index in [0.29, 0.717) is 31.3 Å². The number of piperazine rings is 1. The van der Waals surface area contributed by atoms with Gasteiger partial charge in [0.25, 0.3) is 0 Å². The Morgan fingerprint density at radius 2 is 2.00 bits per heavy atom. The third-order valence-corrected chi connectivity index (χ3v) is 5.56. The second-order valence-corrected chi connectivity index (χ2v) is 7.70. The molecule has 13 heteroatoms. The van der Waals surface area contributed by atoms with Gasteiger partial charge in [0, 0.05) is 38.8 Å².